The molecule has 0 amide bonds. The quantitative estimate of drug-likeness (QED) is 0.847. The molecule has 1 atom stereocenters. The number of likely N-dealkylation sites (N-methyl/N-ethyl adjacent to an activating group) is 1. The number of nitrogens with one attached hydrogen (secondary N) is 1. The molecule has 1 unspecified atom stereocenters. The molecule has 0 heterocycles. The van der Waals surface area contributed by atoms with Crippen molar-refractivity contribution in [3.63, 3.8) is 0 Å². The molecule has 2 aromatic carbocycles. The van der Waals surface area contributed by atoms with E-state index in [0.717, 1.165) is 12.3 Å². The Morgan fingerprint density at radius 3 is 2.60 bits per heavy atom. The Morgan fingerprint density at radius 1 is 1.15 bits per heavy atom. The van der Waals surface area contributed by atoms with Gasteiger partial charge < -0.3 is 10.1 Å². The van der Waals surface area contributed by atoms with E-state index in [1.165, 1.54) is 0 Å². The lowest BCUT2D eigenvalue weighted by Gasteiger charge is -2.20. The summed E-state index contributed by atoms with van der Waals surface area (Å²) in [5, 5.41) is 3.25. The highest BCUT2D eigenvalue weighted by Gasteiger charge is 2.17. The van der Waals surface area contributed by atoms with Crippen LogP contribution in [0.4, 0.5) is 4.39 Å². The summed E-state index contributed by atoms with van der Waals surface area (Å²) in [6, 6.07) is 14.7. The van der Waals surface area contributed by atoms with E-state index in [2.05, 4.69) is 21.2 Å². The Hall–Kier alpha value is -1.39. The molecule has 0 aromatic heterocycles. The van der Waals surface area contributed by atoms with E-state index in [1.54, 1.807) is 12.1 Å². The van der Waals surface area contributed by atoms with Gasteiger partial charge in [0.1, 0.15) is 18.2 Å². The standard InChI is InChI=1S/C16H17BrFNO/c1-2-19-15(11-20-12-7-4-3-5-8-12)13-9-6-10-14(17)16(13)18/h3-10,15,19H,2,11H2,1H3. The minimum atomic E-state index is -0.241. The molecule has 0 bridgehead atoms. The van der Waals surface area contributed by atoms with E-state index in [4.69, 9.17) is 4.74 Å². The topological polar surface area (TPSA) is 21.3 Å². The lowest BCUT2D eigenvalue weighted by molar-refractivity contribution is 0.265. The number of hydrogen-bond acceptors (Lipinski definition) is 2. The van der Waals surface area contributed by atoms with Crippen LogP contribution in [0.2, 0.25) is 0 Å². The zero-order valence-corrected chi connectivity index (χ0v) is 12.9. The van der Waals surface area contributed by atoms with Crippen LogP contribution in [-0.4, -0.2) is 13.2 Å². The molecule has 0 saturated carbocycles. The summed E-state index contributed by atoms with van der Waals surface area (Å²) in [7, 11) is 0. The van der Waals surface area contributed by atoms with Gasteiger partial charge in [0.25, 0.3) is 0 Å². The van der Waals surface area contributed by atoms with Crippen molar-refractivity contribution < 1.29 is 9.13 Å². The molecule has 4 heteroatoms. The summed E-state index contributed by atoms with van der Waals surface area (Å²) in [6.45, 7) is 3.12. The normalized spacial score (nSPS) is 12.2. The van der Waals surface area contributed by atoms with Gasteiger partial charge in [-0.3, -0.25) is 0 Å². The minimum absolute atomic E-state index is 0.183. The van der Waals surface area contributed by atoms with Crippen molar-refractivity contribution in [2.75, 3.05) is 13.2 Å². The fourth-order valence-corrected chi connectivity index (χ4v) is 2.37. The van der Waals surface area contributed by atoms with Gasteiger partial charge in [-0.25, -0.2) is 4.39 Å². The van der Waals surface area contributed by atoms with Gasteiger partial charge in [0, 0.05) is 5.56 Å². The van der Waals surface area contributed by atoms with Gasteiger partial charge in [-0.2, -0.15) is 0 Å². The van der Waals surface area contributed by atoms with Crippen LogP contribution in [0.5, 0.6) is 5.75 Å². The van der Waals surface area contributed by atoms with E-state index >= 15 is 0 Å². The molecule has 106 valence electrons. The summed E-state index contributed by atoms with van der Waals surface area (Å²) in [5.41, 5.74) is 0.608. The molecule has 0 aliphatic carbocycles. The van der Waals surface area contributed by atoms with Gasteiger partial charge in [-0.15, -0.1) is 0 Å². The number of para-hydroxylation sites is 1. The molecule has 2 aromatic rings. The van der Waals surface area contributed by atoms with Crippen molar-refractivity contribution >= 4 is 15.9 Å². The lowest BCUT2D eigenvalue weighted by Crippen LogP contribution is -2.27. The highest BCUT2D eigenvalue weighted by atomic mass is 79.9. The Labute approximate surface area is 127 Å². The predicted octanol–water partition coefficient (Wildman–Crippen LogP) is 4.32. The van der Waals surface area contributed by atoms with Crippen LogP contribution in [0.3, 0.4) is 0 Å². The maximum atomic E-state index is 14.2. The number of benzene rings is 2. The predicted molar refractivity (Wildman–Crippen MR) is 82.5 cm³/mol. The second-order valence-electron chi connectivity index (χ2n) is 4.38. The Bertz CT molecular complexity index is 547. The van der Waals surface area contributed by atoms with Gasteiger partial charge in [-0.1, -0.05) is 37.3 Å². The van der Waals surface area contributed by atoms with Gasteiger partial charge in [0.15, 0.2) is 0 Å². The maximum Gasteiger partial charge on any atom is 0.142 e. The van der Waals surface area contributed by atoms with Gasteiger partial charge in [-0.05, 0) is 40.7 Å². The van der Waals surface area contributed by atoms with Gasteiger partial charge in [0.05, 0.1) is 10.5 Å². The van der Waals surface area contributed by atoms with E-state index in [0.29, 0.717) is 16.6 Å². The molecular weight excluding hydrogens is 321 g/mol. The smallest absolute Gasteiger partial charge is 0.142 e. The van der Waals surface area contributed by atoms with E-state index < -0.39 is 0 Å². The van der Waals surface area contributed by atoms with Crippen LogP contribution in [0.25, 0.3) is 0 Å². The number of hydrogen-bond donors (Lipinski definition) is 1. The fraction of sp³-hybridized carbons (Fsp3) is 0.250. The van der Waals surface area contributed by atoms with Crippen LogP contribution in [0.15, 0.2) is 53.0 Å². The molecule has 1 N–H and O–H groups in total. The van der Waals surface area contributed by atoms with Crippen molar-refractivity contribution in [2.24, 2.45) is 0 Å². The molecule has 2 nitrogen and oxygen atoms in total. The minimum Gasteiger partial charge on any atom is -0.492 e. The molecule has 0 fully saturated rings. The largest absolute Gasteiger partial charge is 0.492 e. The molecule has 0 saturated heterocycles. The number of ether oxygens (including phenoxy) is 1. The van der Waals surface area contributed by atoms with Crippen molar-refractivity contribution in [3.05, 3.63) is 64.4 Å². The fourth-order valence-electron chi connectivity index (χ4n) is 1.99. The molecular formula is C16H17BrFNO. The van der Waals surface area contributed by atoms with Crippen LogP contribution in [-0.2, 0) is 0 Å². The third kappa shape index (κ3) is 3.81. The molecule has 0 aliphatic rings. The molecule has 0 spiro atoms. The zero-order chi connectivity index (χ0) is 14.4. The van der Waals surface area contributed by atoms with Crippen molar-refractivity contribution in [2.45, 2.75) is 13.0 Å². The number of rotatable bonds is 6. The summed E-state index contributed by atoms with van der Waals surface area (Å²) >= 11 is 3.22. The average Bonchev–Trinajstić information content (AvgIpc) is 2.48. The summed E-state index contributed by atoms with van der Waals surface area (Å²) in [6.07, 6.45) is 0. The van der Waals surface area contributed by atoms with E-state index in [9.17, 15) is 4.39 Å². The summed E-state index contributed by atoms with van der Waals surface area (Å²) in [4.78, 5) is 0. The molecule has 0 radical (unpaired) electrons. The molecule has 20 heavy (non-hydrogen) atoms. The highest BCUT2D eigenvalue weighted by Crippen LogP contribution is 2.24. The Kier molecular flexibility index (Phi) is 5.56. The van der Waals surface area contributed by atoms with Crippen LogP contribution in [0, 0.1) is 5.82 Å². The van der Waals surface area contributed by atoms with Crippen molar-refractivity contribution in [1.29, 1.82) is 0 Å². The van der Waals surface area contributed by atoms with Crippen molar-refractivity contribution in [1.82, 2.24) is 5.32 Å². The van der Waals surface area contributed by atoms with E-state index in [1.807, 2.05) is 43.3 Å². The van der Waals surface area contributed by atoms with Gasteiger partial charge >= 0.3 is 0 Å². The van der Waals surface area contributed by atoms with Gasteiger partial charge in [0.2, 0.25) is 0 Å². The Morgan fingerprint density at radius 2 is 1.90 bits per heavy atom. The second-order valence-corrected chi connectivity index (χ2v) is 5.23. The second kappa shape index (κ2) is 7.41. The first-order chi connectivity index (χ1) is 9.72. The van der Waals surface area contributed by atoms with Crippen LogP contribution in [0.1, 0.15) is 18.5 Å². The highest BCUT2D eigenvalue weighted by molar-refractivity contribution is 9.10. The first-order valence-corrected chi connectivity index (χ1v) is 7.36. The zero-order valence-electron chi connectivity index (χ0n) is 11.3. The summed E-state index contributed by atoms with van der Waals surface area (Å²) < 4.78 is 20.4. The van der Waals surface area contributed by atoms with Crippen LogP contribution >= 0.6 is 15.9 Å². The lowest BCUT2D eigenvalue weighted by atomic mass is 10.1. The summed E-state index contributed by atoms with van der Waals surface area (Å²) in [5.74, 6) is 0.543. The number of halogens is 2. The first-order valence-electron chi connectivity index (χ1n) is 6.57. The first kappa shape index (κ1) is 15.0. The molecule has 2 rings (SSSR count). The average molecular weight is 338 g/mol. The maximum absolute atomic E-state index is 14.2. The third-order valence-electron chi connectivity index (χ3n) is 2.97. The SMILES string of the molecule is CCNC(COc1ccccc1)c1cccc(Br)c1F. The molecule has 0 aliphatic heterocycles. The van der Waals surface area contributed by atoms with Crippen molar-refractivity contribution in [3.8, 4) is 5.75 Å². The Balaban J connectivity index is 2.12. The van der Waals surface area contributed by atoms with Crippen LogP contribution < -0.4 is 10.1 Å². The van der Waals surface area contributed by atoms with E-state index in [-0.39, 0.29) is 11.9 Å². The third-order valence-corrected chi connectivity index (χ3v) is 3.58. The monoisotopic (exact) mass is 337 g/mol.